The van der Waals surface area contributed by atoms with Gasteiger partial charge in [0.2, 0.25) is 15.9 Å². The number of amides is 3. The zero-order chi connectivity index (χ0) is 27.9. The number of hydrogen-bond acceptors (Lipinski definition) is 6. The van der Waals surface area contributed by atoms with E-state index in [0.29, 0.717) is 13.1 Å². The number of hydrogen-bond donors (Lipinski definition) is 2. The highest BCUT2D eigenvalue weighted by Crippen LogP contribution is 2.27. The van der Waals surface area contributed by atoms with Crippen LogP contribution in [0, 0.1) is 10.1 Å². The van der Waals surface area contributed by atoms with E-state index in [1.54, 1.807) is 34.1 Å². The number of unbranched alkanes of at least 4 members (excludes halogenated alkanes) is 1. The van der Waals surface area contributed by atoms with Gasteiger partial charge >= 0.3 is 6.03 Å². The Morgan fingerprint density at radius 2 is 1.89 bits per heavy atom. The Kier molecular flexibility index (Phi) is 10.1. The van der Waals surface area contributed by atoms with Crippen LogP contribution < -0.4 is 10.0 Å². The first-order valence-electron chi connectivity index (χ1n) is 12.4. The molecule has 2 aromatic rings. The van der Waals surface area contributed by atoms with Crippen molar-refractivity contribution < 1.29 is 22.9 Å². The lowest BCUT2D eigenvalue weighted by molar-refractivity contribution is -0.384. The number of carbonyl (C=O) groups excluding carboxylic acids is 2. The summed E-state index contributed by atoms with van der Waals surface area (Å²) >= 11 is 5.84. The third-order valence-electron chi connectivity index (χ3n) is 6.31. The van der Waals surface area contributed by atoms with Crippen molar-refractivity contribution in [3.05, 3.63) is 69.2 Å². The van der Waals surface area contributed by atoms with Crippen molar-refractivity contribution in [2.24, 2.45) is 0 Å². The Morgan fingerprint density at radius 3 is 2.53 bits per heavy atom. The summed E-state index contributed by atoms with van der Waals surface area (Å²) < 4.78 is 28.9. The predicted molar refractivity (Wildman–Crippen MR) is 143 cm³/mol. The lowest BCUT2D eigenvalue weighted by Gasteiger charge is -2.41. The molecule has 3 amide bonds. The lowest BCUT2D eigenvalue weighted by atomic mass is 10.0. The summed E-state index contributed by atoms with van der Waals surface area (Å²) in [5, 5.41) is 14.0. The quantitative estimate of drug-likeness (QED) is 0.257. The fourth-order valence-electron chi connectivity index (χ4n) is 4.24. The molecule has 0 aliphatic carbocycles. The van der Waals surface area contributed by atoms with Crippen LogP contribution in [0.4, 0.5) is 10.5 Å². The second-order valence-electron chi connectivity index (χ2n) is 9.15. The Morgan fingerprint density at radius 1 is 1.18 bits per heavy atom. The molecule has 1 fully saturated rings. The molecule has 13 heteroatoms. The molecule has 0 saturated carbocycles. The largest absolute Gasteiger partial charge is 0.338 e. The van der Waals surface area contributed by atoms with Crippen LogP contribution in [-0.4, -0.2) is 73.3 Å². The van der Waals surface area contributed by atoms with Crippen molar-refractivity contribution in [2.45, 2.75) is 50.1 Å². The molecule has 1 aliphatic rings. The average molecular weight is 566 g/mol. The van der Waals surface area contributed by atoms with Gasteiger partial charge in [-0.3, -0.25) is 14.9 Å². The Hall–Kier alpha value is -3.22. The van der Waals surface area contributed by atoms with Crippen molar-refractivity contribution in [1.29, 1.82) is 0 Å². The number of benzene rings is 2. The molecule has 3 rings (SSSR count). The van der Waals surface area contributed by atoms with E-state index in [2.05, 4.69) is 10.0 Å². The fraction of sp³-hybridized carbons (Fsp3) is 0.440. The summed E-state index contributed by atoms with van der Waals surface area (Å²) in [5.41, 5.74) is 0.181. The van der Waals surface area contributed by atoms with E-state index in [9.17, 15) is 28.1 Å². The molecule has 1 aliphatic heterocycles. The zero-order valence-corrected chi connectivity index (χ0v) is 22.9. The van der Waals surface area contributed by atoms with Crippen molar-refractivity contribution >= 4 is 39.2 Å². The smallest absolute Gasteiger partial charge is 0.317 e. The highest BCUT2D eigenvalue weighted by Gasteiger charge is 2.35. The molecule has 11 nitrogen and oxygen atoms in total. The fourth-order valence-corrected chi connectivity index (χ4v) is 5.63. The molecule has 2 atom stereocenters. The summed E-state index contributed by atoms with van der Waals surface area (Å²) in [5.74, 6) is -0.446. The number of nitrogens with zero attached hydrogens (tertiary/aromatic N) is 3. The number of sulfonamides is 1. The van der Waals surface area contributed by atoms with Gasteiger partial charge in [0.25, 0.3) is 5.69 Å². The Labute approximate surface area is 227 Å². The molecule has 0 aromatic heterocycles. The first kappa shape index (κ1) is 29.3. The van der Waals surface area contributed by atoms with Crippen LogP contribution in [0.15, 0.2) is 53.4 Å². The second-order valence-corrected chi connectivity index (χ2v) is 11.3. The van der Waals surface area contributed by atoms with Gasteiger partial charge in [-0.1, -0.05) is 55.3 Å². The van der Waals surface area contributed by atoms with E-state index in [4.69, 9.17) is 11.6 Å². The standard InChI is InChI=1S/C25H32ClN5O6S/c1-3-4-12-27-25(33)30-14-13-29(17-18(30)2)24(32)22(15-19-8-6-5-7-9-19)28-38(36,37)20-10-11-21(26)23(16-20)31(34)35/h5-11,16,18,22,28H,3-4,12-15,17H2,1-2H3,(H,27,33). The minimum absolute atomic E-state index is 0.0701. The lowest BCUT2D eigenvalue weighted by Crippen LogP contribution is -2.60. The van der Waals surface area contributed by atoms with Crippen LogP contribution in [0.1, 0.15) is 32.3 Å². The van der Waals surface area contributed by atoms with Crippen LogP contribution >= 0.6 is 11.6 Å². The predicted octanol–water partition coefficient (Wildman–Crippen LogP) is 3.18. The van der Waals surface area contributed by atoms with Crippen LogP contribution in [-0.2, 0) is 21.2 Å². The monoisotopic (exact) mass is 565 g/mol. The van der Waals surface area contributed by atoms with Gasteiger partial charge in [0, 0.05) is 38.3 Å². The molecule has 206 valence electrons. The third kappa shape index (κ3) is 7.42. The second kappa shape index (κ2) is 13.0. The number of nitrogens with one attached hydrogen (secondary N) is 2. The third-order valence-corrected chi connectivity index (χ3v) is 8.10. The SMILES string of the molecule is CCCCNC(=O)N1CCN(C(=O)C(Cc2ccccc2)NS(=O)(=O)c2ccc(Cl)c([N+](=O)[O-])c2)CC1C. The van der Waals surface area contributed by atoms with Gasteiger partial charge in [-0.15, -0.1) is 0 Å². The molecule has 2 unspecified atom stereocenters. The van der Waals surface area contributed by atoms with Crippen molar-refractivity contribution in [2.75, 3.05) is 26.2 Å². The van der Waals surface area contributed by atoms with E-state index in [-0.39, 0.29) is 41.5 Å². The first-order valence-corrected chi connectivity index (χ1v) is 14.2. The Bertz CT molecular complexity index is 1260. The van der Waals surface area contributed by atoms with E-state index < -0.39 is 32.6 Å². The van der Waals surface area contributed by atoms with Gasteiger partial charge in [0.1, 0.15) is 11.1 Å². The molecule has 1 saturated heterocycles. The molecule has 1 heterocycles. The number of urea groups is 1. The molecule has 0 bridgehead atoms. The number of piperazine rings is 1. The molecular formula is C25H32ClN5O6S. The highest BCUT2D eigenvalue weighted by molar-refractivity contribution is 7.89. The number of halogens is 1. The minimum atomic E-state index is -4.32. The topological polar surface area (TPSA) is 142 Å². The van der Waals surface area contributed by atoms with Crippen LogP contribution in [0.2, 0.25) is 5.02 Å². The summed E-state index contributed by atoms with van der Waals surface area (Å²) in [7, 11) is -4.32. The summed E-state index contributed by atoms with van der Waals surface area (Å²) in [6.07, 6.45) is 1.90. The van der Waals surface area contributed by atoms with Crippen LogP contribution in [0.25, 0.3) is 0 Å². The van der Waals surface area contributed by atoms with Gasteiger partial charge in [0.15, 0.2) is 0 Å². The number of carbonyl (C=O) groups is 2. The normalized spacial score (nSPS) is 16.7. The molecule has 2 N–H and O–H groups in total. The van der Waals surface area contributed by atoms with Crippen LogP contribution in [0.3, 0.4) is 0 Å². The number of nitro benzene ring substituents is 1. The summed E-state index contributed by atoms with van der Waals surface area (Å²) in [4.78, 5) is 39.5. The van der Waals surface area contributed by atoms with Crippen molar-refractivity contribution in [1.82, 2.24) is 19.8 Å². The Balaban J connectivity index is 1.80. The van der Waals surface area contributed by atoms with Gasteiger partial charge in [0.05, 0.1) is 9.82 Å². The maximum Gasteiger partial charge on any atom is 0.317 e. The molecule has 0 spiro atoms. The molecule has 38 heavy (non-hydrogen) atoms. The minimum Gasteiger partial charge on any atom is -0.338 e. The van der Waals surface area contributed by atoms with Gasteiger partial charge in [-0.05, 0) is 37.5 Å². The van der Waals surface area contributed by atoms with Gasteiger partial charge < -0.3 is 15.1 Å². The maximum atomic E-state index is 13.6. The van der Waals surface area contributed by atoms with Crippen molar-refractivity contribution in [3.8, 4) is 0 Å². The van der Waals surface area contributed by atoms with E-state index in [0.717, 1.165) is 36.6 Å². The van der Waals surface area contributed by atoms with E-state index in [1.165, 1.54) is 0 Å². The number of rotatable bonds is 10. The first-order chi connectivity index (χ1) is 18.0. The molecule has 2 aromatic carbocycles. The summed E-state index contributed by atoms with van der Waals surface area (Å²) in [6.45, 7) is 5.23. The van der Waals surface area contributed by atoms with E-state index >= 15 is 0 Å². The molecular weight excluding hydrogens is 534 g/mol. The van der Waals surface area contributed by atoms with E-state index in [1.807, 2.05) is 19.9 Å². The zero-order valence-electron chi connectivity index (χ0n) is 21.3. The van der Waals surface area contributed by atoms with Crippen LogP contribution in [0.5, 0.6) is 0 Å². The average Bonchev–Trinajstić information content (AvgIpc) is 2.88. The summed E-state index contributed by atoms with van der Waals surface area (Å²) in [6, 6.07) is 10.5. The van der Waals surface area contributed by atoms with Gasteiger partial charge in [-0.25, -0.2) is 13.2 Å². The number of nitro groups is 1. The molecule has 0 radical (unpaired) electrons. The maximum absolute atomic E-state index is 13.6. The van der Waals surface area contributed by atoms with Crippen molar-refractivity contribution in [3.63, 3.8) is 0 Å². The van der Waals surface area contributed by atoms with Gasteiger partial charge in [-0.2, -0.15) is 4.72 Å². The highest BCUT2D eigenvalue weighted by atomic mass is 35.5.